The molecule has 2 unspecified atom stereocenters. The molecule has 0 aliphatic carbocycles. The lowest BCUT2D eigenvalue weighted by Gasteiger charge is -2.29. The zero-order valence-electron chi connectivity index (χ0n) is 14.3. The summed E-state index contributed by atoms with van der Waals surface area (Å²) in [4.78, 5) is 17.9. The van der Waals surface area contributed by atoms with Crippen LogP contribution in [0.15, 0.2) is 12.3 Å². The van der Waals surface area contributed by atoms with Crippen molar-refractivity contribution in [3.63, 3.8) is 0 Å². The molecule has 27 heavy (non-hydrogen) atoms. The minimum atomic E-state index is -4.54. The van der Waals surface area contributed by atoms with E-state index in [-0.39, 0.29) is 34.3 Å². The van der Waals surface area contributed by atoms with Gasteiger partial charge >= 0.3 is 12.2 Å². The molecule has 0 saturated carbocycles. The van der Waals surface area contributed by atoms with Crippen LogP contribution in [-0.2, 0) is 4.74 Å². The highest BCUT2D eigenvalue weighted by Crippen LogP contribution is 2.45. The normalized spacial score (nSPS) is 25.7. The Morgan fingerprint density at radius 1 is 1.44 bits per heavy atom. The molecular weight excluding hydrogens is 387 g/mol. The number of ether oxygens (including phenoxy) is 1. The fourth-order valence-electron chi connectivity index (χ4n) is 3.65. The van der Waals surface area contributed by atoms with Crippen molar-refractivity contribution in [1.82, 2.24) is 19.9 Å². The highest BCUT2D eigenvalue weighted by Gasteiger charge is 2.50. The fraction of sp³-hybridized carbons (Fsp3) is 0.562. The molecule has 0 aromatic carbocycles. The van der Waals surface area contributed by atoms with E-state index >= 15 is 0 Å². The number of carbonyl (C=O) groups is 1. The van der Waals surface area contributed by atoms with Crippen LogP contribution in [0.4, 0.5) is 23.7 Å². The van der Waals surface area contributed by atoms with Gasteiger partial charge in [0.25, 0.3) is 0 Å². The molecule has 146 valence electrons. The number of aromatic nitrogens is 3. The summed E-state index contributed by atoms with van der Waals surface area (Å²) in [6.07, 6.45) is -2.05. The number of anilines is 1. The van der Waals surface area contributed by atoms with Crippen molar-refractivity contribution in [1.29, 1.82) is 0 Å². The third kappa shape index (κ3) is 3.31. The maximum absolute atomic E-state index is 13.7. The van der Waals surface area contributed by atoms with Gasteiger partial charge in [-0.2, -0.15) is 18.3 Å². The number of hydrogen-bond donors (Lipinski definition) is 1. The number of hydrogen-bond acceptors (Lipinski definition) is 4. The highest BCUT2D eigenvalue weighted by molar-refractivity contribution is 6.29. The minimum Gasteiger partial charge on any atom is -0.378 e. The van der Waals surface area contributed by atoms with Gasteiger partial charge in [-0.15, -0.1) is 0 Å². The molecule has 3 atom stereocenters. The first kappa shape index (κ1) is 18.3. The van der Waals surface area contributed by atoms with Crippen LogP contribution in [0.3, 0.4) is 0 Å². The monoisotopic (exact) mass is 403 g/mol. The second kappa shape index (κ2) is 6.52. The number of halogens is 4. The lowest BCUT2D eigenvalue weighted by molar-refractivity contribution is -0.147. The van der Waals surface area contributed by atoms with E-state index in [1.807, 2.05) is 6.92 Å². The van der Waals surface area contributed by atoms with Gasteiger partial charge in [0.05, 0.1) is 23.7 Å². The summed E-state index contributed by atoms with van der Waals surface area (Å²) < 4.78 is 47.5. The van der Waals surface area contributed by atoms with E-state index in [2.05, 4.69) is 15.4 Å². The lowest BCUT2D eigenvalue weighted by atomic mass is 10.0. The molecule has 0 bridgehead atoms. The maximum Gasteiger partial charge on any atom is 0.399 e. The predicted octanol–water partition coefficient (Wildman–Crippen LogP) is 3.13. The minimum absolute atomic E-state index is 0.00894. The van der Waals surface area contributed by atoms with E-state index in [1.165, 1.54) is 12.3 Å². The van der Waals surface area contributed by atoms with Crippen LogP contribution in [0.1, 0.15) is 31.4 Å². The van der Waals surface area contributed by atoms with Crippen LogP contribution in [0.2, 0.25) is 5.15 Å². The van der Waals surface area contributed by atoms with Gasteiger partial charge in [0, 0.05) is 25.3 Å². The Balaban J connectivity index is 1.68. The molecule has 0 spiro atoms. The maximum atomic E-state index is 13.7. The Bertz CT molecular complexity index is 887. The number of nitrogens with one attached hydrogen (secondary N) is 1. The molecule has 2 aliphatic rings. The molecule has 0 radical (unpaired) electrons. The van der Waals surface area contributed by atoms with Crippen molar-refractivity contribution in [2.75, 3.05) is 18.1 Å². The molecule has 1 fully saturated rings. The van der Waals surface area contributed by atoms with Crippen LogP contribution in [0.5, 0.6) is 0 Å². The van der Waals surface area contributed by atoms with Gasteiger partial charge in [-0.1, -0.05) is 11.6 Å². The number of alkyl halides is 3. The SMILES string of the molecule is CC1CC(NC(=O)N2C[C@@H](C(F)(F)F)c3c2cnc2cc(Cl)nn32)CCO1. The van der Waals surface area contributed by atoms with Crippen molar-refractivity contribution < 1.29 is 22.7 Å². The molecule has 2 amide bonds. The number of urea groups is 1. The van der Waals surface area contributed by atoms with Gasteiger partial charge in [0.15, 0.2) is 10.8 Å². The van der Waals surface area contributed by atoms with Crippen LogP contribution < -0.4 is 10.2 Å². The molecule has 7 nitrogen and oxygen atoms in total. The third-order valence-electron chi connectivity index (χ3n) is 4.91. The summed E-state index contributed by atoms with van der Waals surface area (Å²) >= 11 is 5.83. The number of carbonyl (C=O) groups excluding carboxylic acids is 1. The molecule has 1 saturated heterocycles. The summed E-state index contributed by atoms with van der Waals surface area (Å²) in [5.74, 6) is -1.87. The van der Waals surface area contributed by atoms with Crippen LogP contribution in [0.25, 0.3) is 5.65 Å². The number of amides is 2. The fourth-order valence-corrected chi connectivity index (χ4v) is 3.82. The van der Waals surface area contributed by atoms with E-state index < -0.39 is 24.7 Å². The van der Waals surface area contributed by atoms with Gasteiger partial charge in [-0.05, 0) is 19.8 Å². The Hall–Kier alpha value is -2.07. The molecule has 4 rings (SSSR count). The summed E-state index contributed by atoms with van der Waals surface area (Å²) in [6.45, 7) is 1.87. The summed E-state index contributed by atoms with van der Waals surface area (Å²) in [7, 11) is 0. The standard InChI is InChI=1S/C16H17ClF3N5O2/c1-8-4-9(2-3-27-8)22-15(26)24-7-10(16(18,19)20)14-11(24)6-21-13-5-12(17)23-25(13)14/h5-6,8-10H,2-4,7H2,1H3,(H,22,26)/t8?,9?,10-/m1/s1. The van der Waals surface area contributed by atoms with Crippen molar-refractivity contribution >= 4 is 29.0 Å². The molecule has 2 aromatic rings. The van der Waals surface area contributed by atoms with Crippen molar-refractivity contribution in [3.8, 4) is 0 Å². The molecule has 1 N–H and O–H groups in total. The molecule has 11 heteroatoms. The smallest absolute Gasteiger partial charge is 0.378 e. The topological polar surface area (TPSA) is 71.8 Å². The van der Waals surface area contributed by atoms with Crippen molar-refractivity contribution in [2.45, 2.75) is 44.0 Å². The Morgan fingerprint density at radius 3 is 2.93 bits per heavy atom. The lowest BCUT2D eigenvalue weighted by Crippen LogP contribution is -2.48. The third-order valence-corrected chi connectivity index (χ3v) is 5.09. The zero-order valence-corrected chi connectivity index (χ0v) is 15.1. The number of nitrogens with zero attached hydrogens (tertiary/aromatic N) is 4. The predicted molar refractivity (Wildman–Crippen MR) is 91.1 cm³/mol. The highest BCUT2D eigenvalue weighted by atomic mass is 35.5. The van der Waals surface area contributed by atoms with Crippen LogP contribution >= 0.6 is 11.6 Å². The van der Waals surface area contributed by atoms with Gasteiger partial charge < -0.3 is 10.1 Å². The first-order valence-electron chi connectivity index (χ1n) is 8.54. The van der Waals surface area contributed by atoms with Crippen molar-refractivity contribution in [2.24, 2.45) is 0 Å². The van der Waals surface area contributed by atoms with Gasteiger partial charge in [-0.3, -0.25) is 4.90 Å². The Morgan fingerprint density at radius 2 is 2.22 bits per heavy atom. The van der Waals surface area contributed by atoms with Crippen LogP contribution in [0, 0.1) is 0 Å². The molecule has 4 heterocycles. The summed E-state index contributed by atoms with van der Waals surface area (Å²) in [6, 6.07) is 0.647. The second-order valence-corrected chi connectivity index (χ2v) is 7.21. The van der Waals surface area contributed by atoms with Crippen molar-refractivity contribution in [3.05, 3.63) is 23.1 Å². The quantitative estimate of drug-likeness (QED) is 0.794. The first-order valence-corrected chi connectivity index (χ1v) is 8.92. The van der Waals surface area contributed by atoms with Gasteiger partial charge in [-0.25, -0.2) is 14.3 Å². The Kier molecular flexibility index (Phi) is 4.42. The van der Waals surface area contributed by atoms with E-state index in [4.69, 9.17) is 16.3 Å². The largest absolute Gasteiger partial charge is 0.399 e. The molecule has 2 aliphatic heterocycles. The molecule has 2 aromatic heterocycles. The van der Waals surface area contributed by atoms with Gasteiger partial charge in [0.2, 0.25) is 0 Å². The zero-order chi connectivity index (χ0) is 19.3. The average Bonchev–Trinajstić information content (AvgIpc) is 3.13. The van der Waals surface area contributed by atoms with E-state index in [1.54, 1.807) is 0 Å². The average molecular weight is 404 g/mol. The summed E-state index contributed by atoms with van der Waals surface area (Å²) in [5, 5.41) is 6.76. The van der Waals surface area contributed by atoms with Gasteiger partial charge in [0.1, 0.15) is 5.92 Å². The number of fused-ring (bicyclic) bond motifs is 3. The first-order chi connectivity index (χ1) is 12.7. The van der Waals surface area contributed by atoms with E-state index in [0.717, 1.165) is 9.42 Å². The Labute approximate surface area is 157 Å². The van der Waals surface area contributed by atoms with E-state index in [9.17, 15) is 18.0 Å². The number of rotatable bonds is 1. The second-order valence-electron chi connectivity index (χ2n) is 6.82. The summed E-state index contributed by atoms with van der Waals surface area (Å²) in [5.41, 5.74) is 0.158. The molecular formula is C16H17ClF3N5O2. The van der Waals surface area contributed by atoms with E-state index in [0.29, 0.717) is 19.4 Å². The van der Waals surface area contributed by atoms with Crippen LogP contribution in [-0.4, -0.2) is 52.1 Å².